The largest absolute Gasteiger partial charge is 0.484 e. The van der Waals surface area contributed by atoms with E-state index in [1.54, 1.807) is 48.3 Å². The van der Waals surface area contributed by atoms with Gasteiger partial charge in [-0.2, -0.15) is 5.10 Å². The van der Waals surface area contributed by atoms with E-state index in [1.165, 1.54) is 0 Å². The number of nitrogens with two attached hydrogens (primary N) is 1. The highest BCUT2D eigenvalue weighted by Gasteiger charge is 2.05. The first-order valence-electron chi connectivity index (χ1n) is 5.41. The molecule has 2 rings (SSSR count). The number of hydrogen-bond acceptors (Lipinski definition) is 4. The Morgan fingerprint density at radius 2 is 2.11 bits per heavy atom. The van der Waals surface area contributed by atoms with Crippen LogP contribution in [-0.2, 0) is 11.8 Å². The molecule has 94 valence electrons. The van der Waals surface area contributed by atoms with E-state index in [4.69, 9.17) is 10.5 Å². The molecular formula is C12H14N4O2. The molecule has 6 nitrogen and oxygen atoms in total. The predicted octanol–water partition coefficient (Wildman–Crippen LogP) is 1.02. The van der Waals surface area contributed by atoms with Gasteiger partial charge in [0.05, 0.1) is 6.20 Å². The van der Waals surface area contributed by atoms with Crippen molar-refractivity contribution in [2.24, 2.45) is 7.05 Å². The fourth-order valence-electron chi connectivity index (χ4n) is 1.39. The lowest BCUT2D eigenvalue weighted by Crippen LogP contribution is -2.21. The summed E-state index contributed by atoms with van der Waals surface area (Å²) in [7, 11) is 1.75. The summed E-state index contributed by atoms with van der Waals surface area (Å²) in [5, 5.41) is 6.63. The fourth-order valence-corrected chi connectivity index (χ4v) is 1.39. The third kappa shape index (κ3) is 3.00. The maximum atomic E-state index is 11.6. The van der Waals surface area contributed by atoms with Gasteiger partial charge in [-0.3, -0.25) is 9.48 Å². The number of carbonyl (C=O) groups is 1. The number of benzene rings is 1. The molecule has 0 saturated carbocycles. The van der Waals surface area contributed by atoms with Crippen molar-refractivity contribution in [3.8, 4) is 5.75 Å². The zero-order chi connectivity index (χ0) is 13.0. The number of aromatic nitrogens is 2. The molecule has 0 radical (unpaired) electrons. The van der Waals surface area contributed by atoms with E-state index in [2.05, 4.69) is 10.4 Å². The quantitative estimate of drug-likeness (QED) is 0.789. The van der Waals surface area contributed by atoms with Crippen LogP contribution >= 0.6 is 0 Å². The minimum absolute atomic E-state index is 0.0604. The lowest BCUT2D eigenvalue weighted by molar-refractivity contribution is -0.118. The van der Waals surface area contributed by atoms with Crippen LogP contribution in [0.2, 0.25) is 0 Å². The molecule has 1 amide bonds. The van der Waals surface area contributed by atoms with E-state index in [9.17, 15) is 4.79 Å². The number of aryl methyl sites for hydroxylation is 1. The number of hydrogen-bond donors (Lipinski definition) is 2. The van der Waals surface area contributed by atoms with Crippen LogP contribution in [0.5, 0.6) is 5.75 Å². The number of nitrogen functional groups attached to an aromatic ring is 1. The summed E-state index contributed by atoms with van der Waals surface area (Å²) >= 11 is 0. The molecule has 1 aromatic heterocycles. The third-order valence-corrected chi connectivity index (χ3v) is 2.34. The highest BCUT2D eigenvalue weighted by atomic mass is 16.5. The highest BCUT2D eigenvalue weighted by Crippen LogP contribution is 2.13. The monoisotopic (exact) mass is 246 g/mol. The normalized spacial score (nSPS) is 10.1. The van der Waals surface area contributed by atoms with Gasteiger partial charge in [0.25, 0.3) is 5.91 Å². The van der Waals surface area contributed by atoms with Crippen molar-refractivity contribution in [2.45, 2.75) is 0 Å². The van der Waals surface area contributed by atoms with E-state index >= 15 is 0 Å². The molecular weight excluding hydrogens is 232 g/mol. The molecule has 0 unspecified atom stereocenters. The second-order valence-corrected chi connectivity index (χ2v) is 3.75. The minimum Gasteiger partial charge on any atom is -0.484 e. The molecule has 0 aliphatic rings. The van der Waals surface area contributed by atoms with Gasteiger partial charge in [-0.15, -0.1) is 0 Å². The van der Waals surface area contributed by atoms with Gasteiger partial charge in [-0.05, 0) is 24.3 Å². The molecule has 1 aromatic carbocycles. The number of nitrogens with zero attached hydrogens (tertiary/aromatic N) is 2. The molecule has 2 aromatic rings. The molecule has 1 heterocycles. The van der Waals surface area contributed by atoms with Crippen LogP contribution in [0.25, 0.3) is 0 Å². The summed E-state index contributed by atoms with van der Waals surface area (Å²) in [4.78, 5) is 11.6. The van der Waals surface area contributed by atoms with Crippen molar-refractivity contribution in [2.75, 3.05) is 17.7 Å². The Labute approximate surface area is 104 Å². The lowest BCUT2D eigenvalue weighted by atomic mass is 10.3. The number of ether oxygens (including phenoxy) is 1. The Morgan fingerprint density at radius 3 is 2.72 bits per heavy atom. The molecule has 3 N–H and O–H groups in total. The first-order chi connectivity index (χ1) is 8.65. The van der Waals surface area contributed by atoms with E-state index in [1.807, 2.05) is 0 Å². The molecule has 0 saturated heterocycles. The van der Waals surface area contributed by atoms with Crippen molar-refractivity contribution in [1.29, 1.82) is 0 Å². The number of carbonyl (C=O) groups excluding carboxylic acids is 1. The van der Waals surface area contributed by atoms with Gasteiger partial charge < -0.3 is 15.8 Å². The smallest absolute Gasteiger partial charge is 0.263 e. The van der Waals surface area contributed by atoms with Gasteiger partial charge in [-0.1, -0.05) is 0 Å². The predicted molar refractivity (Wildman–Crippen MR) is 68.2 cm³/mol. The molecule has 0 aliphatic heterocycles. The fraction of sp³-hybridized carbons (Fsp3) is 0.167. The maximum Gasteiger partial charge on any atom is 0.263 e. The summed E-state index contributed by atoms with van der Waals surface area (Å²) < 4.78 is 6.88. The highest BCUT2D eigenvalue weighted by molar-refractivity contribution is 5.91. The summed E-state index contributed by atoms with van der Waals surface area (Å²) in [5.74, 6) is 0.987. The average Bonchev–Trinajstić information content (AvgIpc) is 2.74. The standard InChI is InChI=1S/C12H14N4O2/c1-16-11(6-7-14-16)15-12(17)8-18-10-4-2-9(13)3-5-10/h2-7H,8,13H2,1H3,(H,15,17). The summed E-state index contributed by atoms with van der Waals surface area (Å²) in [6.45, 7) is -0.0604. The molecule has 6 heteroatoms. The van der Waals surface area contributed by atoms with E-state index in [0.717, 1.165) is 0 Å². The minimum atomic E-state index is -0.240. The molecule has 0 atom stereocenters. The Morgan fingerprint density at radius 1 is 1.39 bits per heavy atom. The zero-order valence-electron chi connectivity index (χ0n) is 9.96. The number of anilines is 2. The summed E-state index contributed by atoms with van der Waals surface area (Å²) in [6.07, 6.45) is 1.61. The van der Waals surface area contributed by atoms with Crippen molar-refractivity contribution < 1.29 is 9.53 Å². The van der Waals surface area contributed by atoms with Crippen LogP contribution in [-0.4, -0.2) is 22.3 Å². The van der Waals surface area contributed by atoms with Crippen LogP contribution < -0.4 is 15.8 Å². The first kappa shape index (κ1) is 12.0. The molecule has 0 fully saturated rings. The van der Waals surface area contributed by atoms with Crippen molar-refractivity contribution in [3.05, 3.63) is 36.5 Å². The average molecular weight is 246 g/mol. The van der Waals surface area contributed by atoms with Gasteiger partial charge in [0, 0.05) is 18.8 Å². The Hall–Kier alpha value is -2.50. The van der Waals surface area contributed by atoms with Crippen molar-refractivity contribution in [3.63, 3.8) is 0 Å². The lowest BCUT2D eigenvalue weighted by Gasteiger charge is -2.07. The van der Waals surface area contributed by atoms with Crippen LogP contribution in [0.15, 0.2) is 36.5 Å². The molecule has 0 spiro atoms. The zero-order valence-corrected chi connectivity index (χ0v) is 9.96. The van der Waals surface area contributed by atoms with Gasteiger partial charge in [0.2, 0.25) is 0 Å². The molecule has 0 bridgehead atoms. The van der Waals surface area contributed by atoms with Crippen LogP contribution in [0, 0.1) is 0 Å². The Kier molecular flexibility index (Phi) is 3.47. The number of nitrogens with one attached hydrogen (secondary N) is 1. The van der Waals surface area contributed by atoms with E-state index in [-0.39, 0.29) is 12.5 Å². The Bertz CT molecular complexity index is 533. The van der Waals surface area contributed by atoms with Gasteiger partial charge in [0.1, 0.15) is 11.6 Å². The van der Waals surface area contributed by atoms with E-state index < -0.39 is 0 Å². The molecule has 0 aliphatic carbocycles. The second-order valence-electron chi connectivity index (χ2n) is 3.75. The first-order valence-corrected chi connectivity index (χ1v) is 5.41. The second kappa shape index (κ2) is 5.22. The topological polar surface area (TPSA) is 82.2 Å². The van der Waals surface area contributed by atoms with Gasteiger partial charge in [-0.25, -0.2) is 0 Å². The van der Waals surface area contributed by atoms with Crippen LogP contribution in [0.4, 0.5) is 11.5 Å². The van der Waals surface area contributed by atoms with Crippen molar-refractivity contribution >= 4 is 17.4 Å². The SMILES string of the molecule is Cn1nccc1NC(=O)COc1ccc(N)cc1. The number of rotatable bonds is 4. The van der Waals surface area contributed by atoms with Gasteiger partial charge in [0.15, 0.2) is 6.61 Å². The summed E-state index contributed by atoms with van der Waals surface area (Å²) in [6, 6.07) is 8.57. The Balaban J connectivity index is 1.85. The van der Waals surface area contributed by atoms with E-state index in [0.29, 0.717) is 17.3 Å². The number of amides is 1. The van der Waals surface area contributed by atoms with Crippen LogP contribution in [0.3, 0.4) is 0 Å². The third-order valence-electron chi connectivity index (χ3n) is 2.34. The summed E-state index contributed by atoms with van der Waals surface area (Å²) in [5.41, 5.74) is 6.20. The van der Waals surface area contributed by atoms with Crippen molar-refractivity contribution in [1.82, 2.24) is 9.78 Å². The molecule has 18 heavy (non-hydrogen) atoms. The van der Waals surface area contributed by atoms with Gasteiger partial charge >= 0.3 is 0 Å². The maximum absolute atomic E-state index is 11.6. The van der Waals surface area contributed by atoms with Crippen LogP contribution in [0.1, 0.15) is 0 Å².